The molecule has 1 heterocycles. The fourth-order valence-electron chi connectivity index (χ4n) is 2.33. The summed E-state index contributed by atoms with van der Waals surface area (Å²) in [7, 11) is 0. The lowest BCUT2D eigenvalue weighted by molar-refractivity contribution is 0.382. The van der Waals surface area contributed by atoms with E-state index >= 15 is 0 Å². The fourth-order valence-corrected chi connectivity index (χ4v) is 2.33. The zero-order valence-corrected chi connectivity index (χ0v) is 8.88. The molecule has 0 radical (unpaired) electrons. The van der Waals surface area contributed by atoms with Crippen LogP contribution in [0.2, 0.25) is 0 Å². The van der Waals surface area contributed by atoms with E-state index in [9.17, 15) is 4.39 Å². The first kappa shape index (κ1) is 10.6. The van der Waals surface area contributed by atoms with Crippen LogP contribution in [0.15, 0.2) is 18.5 Å². The lowest BCUT2D eigenvalue weighted by Crippen LogP contribution is -2.36. The van der Waals surface area contributed by atoms with Gasteiger partial charge in [-0.2, -0.15) is 0 Å². The second-order valence-electron chi connectivity index (χ2n) is 4.46. The first-order valence-corrected chi connectivity index (χ1v) is 5.61. The number of nitrogens with two attached hydrogens (primary N) is 1. The van der Waals surface area contributed by atoms with E-state index in [0.717, 1.165) is 31.2 Å². The fraction of sp³-hybridized carbons (Fsp3) is 0.583. The van der Waals surface area contributed by atoms with Crippen molar-refractivity contribution in [1.29, 1.82) is 0 Å². The van der Waals surface area contributed by atoms with Gasteiger partial charge in [0.2, 0.25) is 0 Å². The number of aromatic nitrogens is 1. The molecule has 0 bridgehead atoms. The number of halogens is 1. The maximum absolute atomic E-state index is 13.1. The molecule has 2 nitrogen and oxygen atoms in total. The third-order valence-electron chi connectivity index (χ3n) is 3.28. The number of pyridine rings is 1. The summed E-state index contributed by atoms with van der Waals surface area (Å²) in [6.07, 6.45) is 9.55. The van der Waals surface area contributed by atoms with Gasteiger partial charge < -0.3 is 5.73 Å². The molecule has 2 rings (SSSR count). The van der Waals surface area contributed by atoms with Gasteiger partial charge in [0.15, 0.2) is 0 Å². The highest BCUT2D eigenvalue weighted by Crippen LogP contribution is 2.33. The van der Waals surface area contributed by atoms with Crippen LogP contribution in [0.3, 0.4) is 0 Å². The summed E-state index contributed by atoms with van der Waals surface area (Å²) in [4.78, 5) is 3.88. The zero-order chi connectivity index (χ0) is 10.7. The maximum Gasteiger partial charge on any atom is 0.141 e. The topological polar surface area (TPSA) is 38.9 Å². The Labute approximate surface area is 89.7 Å². The van der Waals surface area contributed by atoms with E-state index in [1.807, 2.05) is 0 Å². The van der Waals surface area contributed by atoms with E-state index in [0.29, 0.717) is 0 Å². The van der Waals surface area contributed by atoms with Crippen LogP contribution < -0.4 is 5.73 Å². The summed E-state index contributed by atoms with van der Waals surface area (Å²) in [5.41, 5.74) is 6.84. The smallest absolute Gasteiger partial charge is 0.141 e. The van der Waals surface area contributed by atoms with Gasteiger partial charge in [0.05, 0.1) is 6.20 Å². The van der Waals surface area contributed by atoms with E-state index in [4.69, 9.17) is 5.73 Å². The SMILES string of the molecule is NC1(c2cncc(F)c2)CCCCCC1. The Morgan fingerprint density at radius 2 is 1.80 bits per heavy atom. The molecule has 0 unspecified atom stereocenters. The van der Waals surface area contributed by atoms with Crippen LogP contribution in [0.1, 0.15) is 44.1 Å². The zero-order valence-electron chi connectivity index (χ0n) is 8.88. The van der Waals surface area contributed by atoms with E-state index in [1.165, 1.54) is 25.1 Å². The number of rotatable bonds is 1. The molecular weight excluding hydrogens is 191 g/mol. The number of nitrogens with zero attached hydrogens (tertiary/aromatic N) is 1. The van der Waals surface area contributed by atoms with Crippen LogP contribution >= 0.6 is 0 Å². The summed E-state index contributed by atoms with van der Waals surface area (Å²) in [5, 5.41) is 0. The van der Waals surface area contributed by atoms with Gasteiger partial charge in [-0.25, -0.2) is 4.39 Å². The Balaban J connectivity index is 2.26. The minimum Gasteiger partial charge on any atom is -0.321 e. The molecule has 0 spiro atoms. The number of hydrogen-bond donors (Lipinski definition) is 1. The molecule has 0 saturated heterocycles. The maximum atomic E-state index is 13.1. The Morgan fingerprint density at radius 3 is 2.40 bits per heavy atom. The Hall–Kier alpha value is -0.960. The van der Waals surface area contributed by atoms with Crippen LogP contribution in [0.4, 0.5) is 4.39 Å². The third-order valence-corrected chi connectivity index (χ3v) is 3.28. The van der Waals surface area contributed by atoms with Crippen molar-refractivity contribution in [3.8, 4) is 0 Å². The summed E-state index contributed by atoms with van der Waals surface area (Å²) in [5.74, 6) is -0.290. The van der Waals surface area contributed by atoms with Gasteiger partial charge in [0.25, 0.3) is 0 Å². The van der Waals surface area contributed by atoms with Gasteiger partial charge >= 0.3 is 0 Å². The van der Waals surface area contributed by atoms with Gasteiger partial charge in [-0.15, -0.1) is 0 Å². The van der Waals surface area contributed by atoms with Crippen molar-refractivity contribution in [1.82, 2.24) is 4.98 Å². The molecule has 1 saturated carbocycles. The van der Waals surface area contributed by atoms with Crippen LogP contribution in [0.25, 0.3) is 0 Å². The van der Waals surface area contributed by atoms with E-state index < -0.39 is 0 Å². The Bertz CT molecular complexity index is 330. The Morgan fingerprint density at radius 1 is 1.13 bits per heavy atom. The van der Waals surface area contributed by atoms with Crippen molar-refractivity contribution in [3.63, 3.8) is 0 Å². The lowest BCUT2D eigenvalue weighted by Gasteiger charge is -2.28. The van der Waals surface area contributed by atoms with E-state index in [2.05, 4.69) is 4.98 Å². The molecular formula is C12H17FN2. The summed E-state index contributed by atoms with van der Waals surface area (Å²) >= 11 is 0. The third kappa shape index (κ3) is 2.34. The van der Waals surface area contributed by atoms with Crippen LogP contribution in [-0.4, -0.2) is 4.98 Å². The van der Waals surface area contributed by atoms with Crippen molar-refractivity contribution < 1.29 is 4.39 Å². The van der Waals surface area contributed by atoms with Crippen molar-refractivity contribution in [2.75, 3.05) is 0 Å². The molecule has 0 aliphatic heterocycles. The van der Waals surface area contributed by atoms with Gasteiger partial charge in [-0.1, -0.05) is 25.7 Å². The first-order valence-electron chi connectivity index (χ1n) is 5.61. The van der Waals surface area contributed by atoms with Crippen molar-refractivity contribution in [3.05, 3.63) is 29.8 Å². The van der Waals surface area contributed by atoms with Crippen LogP contribution in [-0.2, 0) is 5.54 Å². The second-order valence-corrected chi connectivity index (χ2v) is 4.46. The summed E-state index contributed by atoms with van der Waals surface area (Å²) < 4.78 is 13.1. The molecule has 0 amide bonds. The van der Waals surface area contributed by atoms with E-state index in [1.54, 1.807) is 6.20 Å². The lowest BCUT2D eigenvalue weighted by atomic mass is 9.85. The summed E-state index contributed by atoms with van der Waals surface area (Å²) in [6.45, 7) is 0. The Kier molecular flexibility index (Phi) is 3.00. The predicted molar refractivity (Wildman–Crippen MR) is 57.8 cm³/mol. The quantitative estimate of drug-likeness (QED) is 0.721. The molecule has 1 aliphatic rings. The molecule has 2 N–H and O–H groups in total. The number of hydrogen-bond acceptors (Lipinski definition) is 2. The average molecular weight is 208 g/mol. The average Bonchev–Trinajstić information content (AvgIpc) is 2.44. The second kappa shape index (κ2) is 4.27. The predicted octanol–water partition coefficient (Wildman–Crippen LogP) is 2.73. The van der Waals surface area contributed by atoms with E-state index in [-0.39, 0.29) is 11.4 Å². The molecule has 0 aromatic carbocycles. The van der Waals surface area contributed by atoms with Crippen LogP contribution in [0, 0.1) is 5.82 Å². The normalized spacial score (nSPS) is 20.9. The first-order chi connectivity index (χ1) is 7.21. The van der Waals surface area contributed by atoms with Gasteiger partial charge in [0, 0.05) is 11.7 Å². The molecule has 1 fully saturated rings. The van der Waals surface area contributed by atoms with Gasteiger partial charge in [0.1, 0.15) is 5.82 Å². The highest BCUT2D eigenvalue weighted by molar-refractivity contribution is 5.21. The largest absolute Gasteiger partial charge is 0.321 e. The molecule has 1 aromatic rings. The van der Waals surface area contributed by atoms with Gasteiger partial charge in [-0.3, -0.25) is 4.98 Å². The molecule has 82 valence electrons. The minimum atomic E-state index is -0.356. The molecule has 1 aliphatic carbocycles. The molecule has 0 atom stereocenters. The molecule has 1 aromatic heterocycles. The molecule has 15 heavy (non-hydrogen) atoms. The standard InChI is InChI=1S/C12H17FN2/c13-11-7-10(8-15-9-11)12(14)5-3-1-2-4-6-12/h7-9H,1-6,14H2. The van der Waals surface area contributed by atoms with Crippen LogP contribution in [0.5, 0.6) is 0 Å². The molecule has 3 heteroatoms. The highest BCUT2D eigenvalue weighted by Gasteiger charge is 2.28. The summed E-state index contributed by atoms with van der Waals surface area (Å²) in [6, 6.07) is 1.53. The van der Waals surface area contributed by atoms with Crippen molar-refractivity contribution >= 4 is 0 Å². The highest BCUT2D eigenvalue weighted by atomic mass is 19.1. The van der Waals surface area contributed by atoms with Gasteiger partial charge in [-0.05, 0) is 24.5 Å². The van der Waals surface area contributed by atoms with Crippen molar-refractivity contribution in [2.45, 2.75) is 44.1 Å². The minimum absolute atomic E-state index is 0.290. The van der Waals surface area contributed by atoms with Crippen molar-refractivity contribution in [2.24, 2.45) is 5.73 Å². The monoisotopic (exact) mass is 208 g/mol.